The molecule has 1 rings (SSSR count). The Morgan fingerprint density at radius 2 is 2.36 bits per heavy atom. The molecule has 14 heavy (non-hydrogen) atoms. The van der Waals surface area contributed by atoms with Crippen molar-refractivity contribution in [2.75, 3.05) is 18.6 Å². The molecule has 0 aromatic carbocycles. The average Bonchev–Trinajstić information content (AvgIpc) is 2.58. The van der Waals surface area contributed by atoms with Gasteiger partial charge in [-0.05, 0) is 31.4 Å². The van der Waals surface area contributed by atoms with Crippen LogP contribution in [-0.2, 0) is 13.6 Å². The third-order valence-corrected chi connectivity index (χ3v) is 2.74. The third kappa shape index (κ3) is 4.67. The van der Waals surface area contributed by atoms with E-state index < -0.39 is 0 Å². The van der Waals surface area contributed by atoms with Gasteiger partial charge in [0.2, 0.25) is 0 Å². The van der Waals surface area contributed by atoms with E-state index in [-0.39, 0.29) is 0 Å². The highest BCUT2D eigenvalue weighted by Crippen LogP contribution is 1.99. The minimum absolute atomic E-state index is 0.938. The van der Waals surface area contributed by atoms with E-state index in [1.165, 1.54) is 24.2 Å². The zero-order valence-electron chi connectivity index (χ0n) is 8.99. The minimum Gasteiger partial charge on any atom is -0.313 e. The molecule has 1 aromatic rings. The molecule has 0 fully saturated rings. The fourth-order valence-corrected chi connectivity index (χ4v) is 1.79. The number of aryl methyl sites for hydroxylation is 1. The smallest absolute Gasteiger partial charge is 0.0534 e. The van der Waals surface area contributed by atoms with Crippen molar-refractivity contribution in [2.24, 2.45) is 7.05 Å². The van der Waals surface area contributed by atoms with Gasteiger partial charge in [-0.1, -0.05) is 0 Å². The van der Waals surface area contributed by atoms with Crippen molar-refractivity contribution >= 4 is 11.8 Å². The molecule has 3 nitrogen and oxygen atoms in total. The molecule has 1 heterocycles. The second-order valence-corrected chi connectivity index (χ2v) is 4.38. The number of rotatable bonds is 7. The summed E-state index contributed by atoms with van der Waals surface area (Å²) >= 11 is 1.92. The van der Waals surface area contributed by atoms with Crippen molar-refractivity contribution in [3.8, 4) is 0 Å². The summed E-state index contributed by atoms with van der Waals surface area (Å²) in [6, 6.07) is 0. The van der Waals surface area contributed by atoms with Gasteiger partial charge in [0.05, 0.1) is 6.20 Å². The Hall–Kier alpha value is -0.480. The summed E-state index contributed by atoms with van der Waals surface area (Å²) in [4.78, 5) is 0. The maximum atomic E-state index is 4.12. The van der Waals surface area contributed by atoms with Crippen LogP contribution in [0.3, 0.4) is 0 Å². The van der Waals surface area contributed by atoms with Gasteiger partial charge in [-0.3, -0.25) is 4.68 Å². The molecule has 0 aliphatic heterocycles. The summed E-state index contributed by atoms with van der Waals surface area (Å²) < 4.78 is 1.84. The van der Waals surface area contributed by atoms with Crippen molar-refractivity contribution in [2.45, 2.75) is 19.4 Å². The number of hydrogen-bond donors (Lipinski definition) is 1. The topological polar surface area (TPSA) is 29.9 Å². The van der Waals surface area contributed by atoms with Gasteiger partial charge in [-0.15, -0.1) is 0 Å². The molecule has 1 N–H and O–H groups in total. The molecule has 4 heteroatoms. The number of nitrogens with one attached hydrogen (secondary N) is 1. The molecule has 0 saturated heterocycles. The Morgan fingerprint density at radius 3 is 3.00 bits per heavy atom. The number of nitrogens with zero attached hydrogens (tertiary/aromatic N) is 2. The van der Waals surface area contributed by atoms with Crippen molar-refractivity contribution in [3.05, 3.63) is 18.0 Å². The lowest BCUT2D eigenvalue weighted by Crippen LogP contribution is -2.14. The van der Waals surface area contributed by atoms with E-state index >= 15 is 0 Å². The predicted molar refractivity (Wildman–Crippen MR) is 62.5 cm³/mol. The Morgan fingerprint density at radius 1 is 1.50 bits per heavy atom. The summed E-state index contributed by atoms with van der Waals surface area (Å²) in [6.45, 7) is 2.04. The van der Waals surface area contributed by atoms with Crippen LogP contribution in [0.5, 0.6) is 0 Å². The number of unbranched alkanes of at least 4 members (excludes halogenated alkanes) is 1. The van der Waals surface area contributed by atoms with Crippen LogP contribution in [0.15, 0.2) is 12.4 Å². The highest BCUT2D eigenvalue weighted by atomic mass is 32.2. The Bertz CT molecular complexity index is 247. The second-order valence-electron chi connectivity index (χ2n) is 3.40. The lowest BCUT2D eigenvalue weighted by molar-refractivity contribution is 0.643. The molecule has 0 spiro atoms. The zero-order chi connectivity index (χ0) is 10.2. The van der Waals surface area contributed by atoms with Crippen LogP contribution >= 0.6 is 11.8 Å². The van der Waals surface area contributed by atoms with Gasteiger partial charge in [0.25, 0.3) is 0 Å². The van der Waals surface area contributed by atoms with E-state index in [0.29, 0.717) is 0 Å². The maximum absolute atomic E-state index is 4.12. The van der Waals surface area contributed by atoms with Crippen molar-refractivity contribution < 1.29 is 0 Å². The molecule has 80 valence electrons. The van der Waals surface area contributed by atoms with Crippen LogP contribution in [0, 0.1) is 0 Å². The van der Waals surface area contributed by atoms with E-state index in [4.69, 9.17) is 0 Å². The largest absolute Gasteiger partial charge is 0.313 e. The van der Waals surface area contributed by atoms with Crippen molar-refractivity contribution in [3.63, 3.8) is 0 Å². The fraction of sp³-hybridized carbons (Fsp3) is 0.700. The second kappa shape index (κ2) is 6.90. The normalized spacial score (nSPS) is 10.7. The Balaban J connectivity index is 1.99. The van der Waals surface area contributed by atoms with Gasteiger partial charge in [0.1, 0.15) is 0 Å². The highest BCUT2D eigenvalue weighted by molar-refractivity contribution is 7.98. The van der Waals surface area contributed by atoms with Crippen molar-refractivity contribution in [1.29, 1.82) is 0 Å². The lowest BCUT2D eigenvalue weighted by atomic mass is 10.3. The van der Waals surface area contributed by atoms with E-state index in [9.17, 15) is 0 Å². The summed E-state index contributed by atoms with van der Waals surface area (Å²) in [5.41, 5.74) is 1.26. The molecule has 0 unspecified atom stereocenters. The first-order valence-corrected chi connectivity index (χ1v) is 6.39. The quantitative estimate of drug-likeness (QED) is 0.699. The van der Waals surface area contributed by atoms with E-state index in [2.05, 4.69) is 22.9 Å². The molecule has 0 amide bonds. The van der Waals surface area contributed by atoms with Crippen LogP contribution < -0.4 is 5.32 Å². The molecule has 0 aliphatic carbocycles. The van der Waals surface area contributed by atoms with Crippen LogP contribution in [0.4, 0.5) is 0 Å². The number of thioether (sulfide) groups is 1. The van der Waals surface area contributed by atoms with Crippen LogP contribution in [0.2, 0.25) is 0 Å². The maximum Gasteiger partial charge on any atom is 0.0534 e. The van der Waals surface area contributed by atoms with E-state index in [1.54, 1.807) is 0 Å². The van der Waals surface area contributed by atoms with Gasteiger partial charge in [-0.2, -0.15) is 16.9 Å². The fourth-order valence-electron chi connectivity index (χ4n) is 1.29. The van der Waals surface area contributed by atoms with Crippen LogP contribution in [0.25, 0.3) is 0 Å². The number of aromatic nitrogens is 2. The highest BCUT2D eigenvalue weighted by Gasteiger charge is 1.94. The third-order valence-electron chi connectivity index (χ3n) is 2.04. The predicted octanol–water partition coefficient (Wildman–Crippen LogP) is 1.65. The van der Waals surface area contributed by atoms with E-state index in [1.807, 2.05) is 29.7 Å². The minimum atomic E-state index is 0.938. The molecular formula is C10H19N3S. The summed E-state index contributed by atoms with van der Waals surface area (Å²) in [7, 11) is 1.95. The van der Waals surface area contributed by atoms with Crippen LogP contribution in [-0.4, -0.2) is 28.3 Å². The van der Waals surface area contributed by atoms with Gasteiger partial charge in [-0.25, -0.2) is 0 Å². The first-order valence-electron chi connectivity index (χ1n) is 5.00. The molecule has 0 radical (unpaired) electrons. The summed E-state index contributed by atoms with van der Waals surface area (Å²) in [5, 5.41) is 7.53. The molecular weight excluding hydrogens is 194 g/mol. The first-order chi connectivity index (χ1) is 6.83. The van der Waals surface area contributed by atoms with Gasteiger partial charge in [0.15, 0.2) is 0 Å². The van der Waals surface area contributed by atoms with Gasteiger partial charge >= 0.3 is 0 Å². The number of hydrogen-bond acceptors (Lipinski definition) is 3. The summed E-state index contributed by atoms with van der Waals surface area (Å²) in [6.07, 6.45) is 8.69. The molecule has 1 aromatic heterocycles. The molecule has 0 saturated carbocycles. The molecule has 0 bridgehead atoms. The molecule has 0 atom stereocenters. The average molecular weight is 213 g/mol. The monoisotopic (exact) mass is 213 g/mol. The standard InChI is InChI=1S/C10H19N3S/c1-13-9-10(8-12-13)7-11-5-3-4-6-14-2/h8-9,11H,3-7H2,1-2H3. The van der Waals surface area contributed by atoms with Crippen molar-refractivity contribution in [1.82, 2.24) is 15.1 Å². The SMILES string of the molecule is CSCCCCNCc1cnn(C)c1. The summed E-state index contributed by atoms with van der Waals surface area (Å²) in [5.74, 6) is 1.27. The van der Waals surface area contributed by atoms with Gasteiger partial charge < -0.3 is 5.32 Å². The van der Waals surface area contributed by atoms with Crippen LogP contribution in [0.1, 0.15) is 18.4 Å². The Kier molecular flexibility index (Phi) is 5.71. The Labute approximate surface area is 90.3 Å². The lowest BCUT2D eigenvalue weighted by Gasteiger charge is -2.01. The van der Waals surface area contributed by atoms with Gasteiger partial charge in [0, 0.05) is 25.4 Å². The zero-order valence-corrected chi connectivity index (χ0v) is 9.81. The van der Waals surface area contributed by atoms with E-state index in [0.717, 1.165) is 13.1 Å². The molecule has 0 aliphatic rings. The first kappa shape index (κ1) is 11.6.